The summed E-state index contributed by atoms with van der Waals surface area (Å²) in [6.07, 6.45) is 1.47. The first-order chi connectivity index (χ1) is 12.6. The number of thioether (sulfide) groups is 1. The van der Waals surface area contributed by atoms with Crippen LogP contribution in [-0.4, -0.2) is 21.1 Å². The van der Waals surface area contributed by atoms with E-state index in [1.54, 1.807) is 18.2 Å². The zero-order valence-corrected chi connectivity index (χ0v) is 15.6. The first-order valence-electron chi connectivity index (χ1n) is 8.66. The van der Waals surface area contributed by atoms with Gasteiger partial charge in [-0.2, -0.15) is 0 Å². The maximum atomic E-state index is 12.7. The Labute approximate surface area is 156 Å². The van der Waals surface area contributed by atoms with E-state index < -0.39 is 0 Å². The molecular formula is C20H21N3O2S. The number of carbonyl (C=O) groups is 1. The molecule has 5 nitrogen and oxygen atoms in total. The van der Waals surface area contributed by atoms with E-state index in [0.29, 0.717) is 22.5 Å². The molecule has 2 aromatic carbocycles. The second-order valence-corrected chi connectivity index (χ2v) is 7.09. The molecule has 0 saturated carbocycles. The largest absolute Gasteiger partial charge is 0.325 e. The number of carbonyl (C=O) groups excluding carboxylic acids is 1. The molecule has 1 atom stereocenters. The van der Waals surface area contributed by atoms with Crippen LogP contribution in [0.25, 0.3) is 10.9 Å². The molecule has 0 aliphatic rings. The quantitative estimate of drug-likeness (QED) is 0.510. The molecule has 1 unspecified atom stereocenters. The van der Waals surface area contributed by atoms with Gasteiger partial charge >= 0.3 is 0 Å². The maximum absolute atomic E-state index is 12.7. The van der Waals surface area contributed by atoms with Crippen molar-refractivity contribution < 1.29 is 4.79 Å². The number of rotatable bonds is 6. The van der Waals surface area contributed by atoms with Gasteiger partial charge in [0, 0.05) is 5.69 Å². The van der Waals surface area contributed by atoms with Crippen molar-refractivity contribution in [2.45, 2.75) is 37.1 Å². The van der Waals surface area contributed by atoms with Crippen LogP contribution in [0.4, 0.5) is 5.69 Å². The van der Waals surface area contributed by atoms with Crippen LogP contribution >= 0.6 is 11.8 Å². The summed E-state index contributed by atoms with van der Waals surface area (Å²) in [5, 5.41) is 3.67. The summed E-state index contributed by atoms with van der Waals surface area (Å²) in [5.74, 6) is -0.0887. The number of hydrogen-bond acceptors (Lipinski definition) is 4. The van der Waals surface area contributed by atoms with Gasteiger partial charge in [0.05, 0.1) is 16.2 Å². The Morgan fingerprint density at radius 2 is 1.88 bits per heavy atom. The zero-order valence-electron chi connectivity index (χ0n) is 14.8. The van der Waals surface area contributed by atoms with Crippen molar-refractivity contribution >= 4 is 34.3 Å². The van der Waals surface area contributed by atoms with Crippen molar-refractivity contribution in [2.75, 3.05) is 5.32 Å². The first-order valence-corrected chi connectivity index (χ1v) is 9.54. The molecule has 0 aliphatic heterocycles. The molecule has 0 saturated heterocycles. The van der Waals surface area contributed by atoms with E-state index in [0.717, 1.165) is 17.7 Å². The number of aromatic nitrogens is 2. The lowest BCUT2D eigenvalue weighted by atomic mass is 10.1. The molecule has 1 aromatic heterocycles. The van der Waals surface area contributed by atoms with Gasteiger partial charge in [0.2, 0.25) is 5.91 Å². The first kappa shape index (κ1) is 18.2. The minimum atomic E-state index is -0.343. The average molecular weight is 367 g/mol. The molecule has 1 amide bonds. The number of hydrogen-bond donors (Lipinski definition) is 2. The van der Waals surface area contributed by atoms with Crippen molar-refractivity contribution in [2.24, 2.45) is 0 Å². The van der Waals surface area contributed by atoms with Crippen LogP contribution in [0.3, 0.4) is 0 Å². The number of nitrogens with one attached hydrogen (secondary N) is 2. The Morgan fingerprint density at radius 3 is 2.65 bits per heavy atom. The van der Waals surface area contributed by atoms with E-state index >= 15 is 0 Å². The third-order valence-corrected chi connectivity index (χ3v) is 5.41. The molecule has 0 bridgehead atoms. The Balaban J connectivity index is 1.81. The highest BCUT2D eigenvalue weighted by molar-refractivity contribution is 8.00. The lowest BCUT2D eigenvalue weighted by molar-refractivity contribution is -0.115. The molecule has 2 N–H and O–H groups in total. The summed E-state index contributed by atoms with van der Waals surface area (Å²) in [4.78, 5) is 32.2. The summed E-state index contributed by atoms with van der Waals surface area (Å²) < 4.78 is 0. The molecule has 134 valence electrons. The second kappa shape index (κ2) is 8.19. The van der Waals surface area contributed by atoms with E-state index in [9.17, 15) is 9.59 Å². The highest BCUT2D eigenvalue weighted by Gasteiger charge is 2.20. The van der Waals surface area contributed by atoms with Crippen LogP contribution in [0, 0.1) is 0 Å². The third-order valence-electron chi connectivity index (χ3n) is 4.16. The summed E-state index contributed by atoms with van der Waals surface area (Å²) in [6, 6.07) is 15.0. The number of amides is 1. The molecule has 26 heavy (non-hydrogen) atoms. The highest BCUT2D eigenvalue weighted by Crippen LogP contribution is 2.25. The Hall–Kier alpha value is -2.60. The summed E-state index contributed by atoms with van der Waals surface area (Å²) in [7, 11) is 0. The van der Waals surface area contributed by atoms with Gasteiger partial charge in [-0.25, -0.2) is 4.98 Å². The monoisotopic (exact) mass is 367 g/mol. The maximum Gasteiger partial charge on any atom is 0.259 e. The number of anilines is 1. The van der Waals surface area contributed by atoms with Crippen molar-refractivity contribution in [1.29, 1.82) is 0 Å². The fourth-order valence-electron chi connectivity index (χ4n) is 2.74. The van der Waals surface area contributed by atoms with E-state index in [1.807, 2.05) is 37.3 Å². The molecular weight excluding hydrogens is 346 g/mol. The number of benzene rings is 2. The summed E-state index contributed by atoms with van der Waals surface area (Å²) >= 11 is 1.28. The van der Waals surface area contributed by atoms with Gasteiger partial charge in [-0.3, -0.25) is 9.59 Å². The standard InChI is InChI=1S/C20H21N3O2S/c1-3-13-9-5-7-11-15(13)21-19(25)17(4-2)26-20-22-16-12-8-6-10-14(16)18(24)23-20/h5-12,17H,3-4H2,1-2H3,(H,21,25)(H,22,23,24). The van der Waals surface area contributed by atoms with Gasteiger partial charge in [-0.15, -0.1) is 0 Å². The smallest absolute Gasteiger partial charge is 0.259 e. The van der Waals surface area contributed by atoms with Crippen LogP contribution in [0.5, 0.6) is 0 Å². The SMILES string of the molecule is CCc1ccccc1NC(=O)C(CC)Sc1nc2ccccc2c(=O)[nH]1. The molecule has 6 heteroatoms. The van der Waals surface area contributed by atoms with Crippen LogP contribution in [0.1, 0.15) is 25.8 Å². The van der Waals surface area contributed by atoms with Crippen molar-refractivity contribution in [3.8, 4) is 0 Å². The Bertz CT molecular complexity index is 984. The lowest BCUT2D eigenvalue weighted by Crippen LogP contribution is -2.25. The molecule has 0 fully saturated rings. The van der Waals surface area contributed by atoms with E-state index in [4.69, 9.17) is 0 Å². The highest BCUT2D eigenvalue weighted by atomic mass is 32.2. The van der Waals surface area contributed by atoms with Gasteiger partial charge in [-0.05, 0) is 36.6 Å². The van der Waals surface area contributed by atoms with Crippen LogP contribution < -0.4 is 10.9 Å². The van der Waals surface area contributed by atoms with Crippen LogP contribution in [-0.2, 0) is 11.2 Å². The number of para-hydroxylation sites is 2. The number of fused-ring (bicyclic) bond motifs is 1. The molecule has 1 heterocycles. The number of aromatic amines is 1. The van der Waals surface area contributed by atoms with Crippen molar-refractivity contribution in [3.63, 3.8) is 0 Å². The topological polar surface area (TPSA) is 74.8 Å². The lowest BCUT2D eigenvalue weighted by Gasteiger charge is -2.16. The zero-order chi connectivity index (χ0) is 18.5. The third kappa shape index (κ3) is 3.96. The van der Waals surface area contributed by atoms with Crippen LogP contribution in [0.15, 0.2) is 58.5 Å². The van der Waals surface area contributed by atoms with Gasteiger partial charge in [0.15, 0.2) is 5.16 Å². The van der Waals surface area contributed by atoms with Gasteiger partial charge < -0.3 is 10.3 Å². The van der Waals surface area contributed by atoms with E-state index in [-0.39, 0.29) is 16.7 Å². The molecule has 3 aromatic rings. The minimum absolute atomic E-state index is 0.0887. The predicted octanol–water partition coefficient (Wildman–Crippen LogP) is 3.99. The molecule has 0 radical (unpaired) electrons. The molecule has 3 rings (SSSR count). The summed E-state index contributed by atoms with van der Waals surface area (Å²) in [6.45, 7) is 4.00. The fourth-order valence-corrected chi connectivity index (χ4v) is 3.65. The van der Waals surface area contributed by atoms with Gasteiger partial charge in [-0.1, -0.05) is 55.9 Å². The molecule has 0 aliphatic carbocycles. The van der Waals surface area contributed by atoms with Crippen molar-refractivity contribution in [1.82, 2.24) is 9.97 Å². The van der Waals surface area contributed by atoms with Crippen LogP contribution in [0.2, 0.25) is 0 Å². The molecule has 0 spiro atoms. The second-order valence-electron chi connectivity index (χ2n) is 5.90. The van der Waals surface area contributed by atoms with E-state index in [1.165, 1.54) is 11.8 Å². The normalized spacial score (nSPS) is 12.1. The number of nitrogens with zero attached hydrogens (tertiary/aromatic N) is 1. The van der Waals surface area contributed by atoms with Gasteiger partial charge in [0.25, 0.3) is 5.56 Å². The summed E-state index contributed by atoms with van der Waals surface area (Å²) in [5.41, 5.74) is 2.37. The van der Waals surface area contributed by atoms with E-state index in [2.05, 4.69) is 22.2 Å². The van der Waals surface area contributed by atoms with Crippen molar-refractivity contribution in [3.05, 3.63) is 64.4 Å². The number of aryl methyl sites for hydroxylation is 1. The average Bonchev–Trinajstić information content (AvgIpc) is 2.66. The minimum Gasteiger partial charge on any atom is -0.325 e. The number of H-pyrrole nitrogens is 1. The fraction of sp³-hybridized carbons (Fsp3) is 0.250. The predicted molar refractivity (Wildman–Crippen MR) is 107 cm³/mol. The Morgan fingerprint density at radius 1 is 1.15 bits per heavy atom. The van der Waals surface area contributed by atoms with Gasteiger partial charge in [0.1, 0.15) is 0 Å². The Kier molecular flexibility index (Phi) is 5.73.